The molecule has 3 unspecified atom stereocenters. The van der Waals surface area contributed by atoms with Crippen LogP contribution < -0.4 is 5.40 Å². The second-order valence-corrected chi connectivity index (χ2v) is 18.4. The smallest absolute Gasteiger partial charge is 0.351 e. The topological polar surface area (TPSA) is 26.0 Å². The summed E-state index contributed by atoms with van der Waals surface area (Å²) in [4.78, 5) is 0. The Balaban J connectivity index is 7.24. The molecule has 0 aliphatic rings. The molecule has 2 N–H and O–H groups in total. The molecule has 0 bridgehead atoms. The third-order valence-electron chi connectivity index (χ3n) is 9.77. The Kier molecular flexibility index (Phi) is 16.1. The van der Waals surface area contributed by atoms with E-state index in [9.17, 15) is 145 Å². The molecule has 62 heavy (non-hydrogen) atoms. The second kappa shape index (κ2) is 16.6. The van der Waals surface area contributed by atoms with E-state index in [0.29, 0.717) is 0 Å². The van der Waals surface area contributed by atoms with E-state index in [2.05, 4.69) is 0 Å². The Morgan fingerprint density at radius 2 is 0.419 bits per heavy atom. The fourth-order valence-electron chi connectivity index (χ4n) is 5.11. The molecule has 1 nitrogen and oxygen atoms in total. The summed E-state index contributed by atoms with van der Waals surface area (Å²) in [6.07, 6.45) is -29.8. The lowest BCUT2D eigenvalue weighted by atomic mass is 9.88. The minimum atomic E-state index is -8.11. The van der Waals surface area contributed by atoms with Crippen LogP contribution in [0.2, 0.25) is 18.1 Å². The highest BCUT2D eigenvalue weighted by atomic mass is 28.3. The lowest BCUT2D eigenvalue weighted by Gasteiger charge is -2.41. The van der Waals surface area contributed by atoms with Gasteiger partial charge in [-0.25, -0.2) is 0 Å². The van der Waals surface area contributed by atoms with Crippen molar-refractivity contribution in [2.45, 2.75) is 148 Å². The molecule has 0 heterocycles. The van der Waals surface area contributed by atoms with Crippen LogP contribution in [0.3, 0.4) is 0 Å². The molecule has 0 saturated carbocycles. The zero-order chi connectivity index (χ0) is 51.0. The lowest BCUT2D eigenvalue weighted by Crippen LogP contribution is -2.67. The van der Waals surface area contributed by atoms with Crippen molar-refractivity contribution in [2.24, 2.45) is 23.2 Å². The molecule has 35 heteroatoms. The maximum atomic E-state index is 14.6. The molecule has 374 valence electrons. The zero-order valence-corrected chi connectivity index (χ0v) is 31.0. The first-order valence-electron chi connectivity index (χ1n) is 15.9. The van der Waals surface area contributed by atoms with Crippen molar-refractivity contribution in [2.75, 3.05) is 0 Å². The Bertz CT molecular complexity index is 1330. The molecular weight excluding hydrogens is 993 g/mol. The molecule has 0 radical (unpaired) electrons. The van der Waals surface area contributed by atoms with Gasteiger partial charge in [-0.05, 0) is 37.4 Å². The summed E-state index contributed by atoms with van der Waals surface area (Å²) in [5, 5.41) is 5.63. The van der Waals surface area contributed by atoms with Crippen molar-refractivity contribution in [1.82, 2.24) is 0 Å². The molecule has 3 atom stereocenters. The molecule has 0 aliphatic carbocycles. The highest BCUT2D eigenvalue weighted by molar-refractivity contribution is 6.76. The van der Waals surface area contributed by atoms with Gasteiger partial charge in [0.15, 0.2) is 0 Å². The van der Waals surface area contributed by atoms with E-state index >= 15 is 0 Å². The summed E-state index contributed by atoms with van der Waals surface area (Å²) in [6.45, 7) is -1.32. The van der Waals surface area contributed by atoms with Crippen molar-refractivity contribution in [3.63, 3.8) is 0 Å². The third-order valence-corrected chi connectivity index (χ3v) is 13.6. The lowest BCUT2D eigenvalue weighted by molar-refractivity contribution is -0.426. The van der Waals surface area contributed by atoms with Crippen LogP contribution in [0.15, 0.2) is 0 Å². The van der Waals surface area contributed by atoms with E-state index in [4.69, 9.17) is 5.40 Å². The highest BCUT2D eigenvalue weighted by Crippen LogP contribution is 2.62. The van der Waals surface area contributed by atoms with Crippen LogP contribution in [-0.4, -0.2) is 97.8 Å². The van der Waals surface area contributed by atoms with Crippen LogP contribution in [0.25, 0.3) is 0 Å². The fourth-order valence-corrected chi connectivity index (χ4v) is 8.89. The van der Waals surface area contributed by atoms with E-state index in [0.717, 1.165) is 0 Å². The monoisotopic (exact) mass is 1020 g/mol. The van der Waals surface area contributed by atoms with Gasteiger partial charge in [0.25, 0.3) is 0 Å². The quantitative estimate of drug-likeness (QED) is 0.0900. The Morgan fingerprint density at radius 1 is 0.274 bits per heavy atom. The van der Waals surface area contributed by atoms with Gasteiger partial charge < -0.3 is 5.40 Å². The average Bonchev–Trinajstić information content (AvgIpc) is 3.05. The Morgan fingerprint density at radius 3 is 0.548 bits per heavy atom. The minimum absolute atomic E-state index is 0.439. The molecule has 0 rings (SSSR count). The molecule has 0 aromatic heterocycles. The van der Waals surface area contributed by atoms with Gasteiger partial charge in [0.1, 0.15) is 8.24 Å². The minimum Gasteiger partial charge on any atom is -0.351 e. The van der Waals surface area contributed by atoms with Gasteiger partial charge >= 0.3 is 89.6 Å². The van der Waals surface area contributed by atoms with Crippen molar-refractivity contribution in [1.29, 1.82) is 0 Å². The first kappa shape index (κ1) is 59.9. The van der Waals surface area contributed by atoms with E-state index in [1.54, 1.807) is 0 Å². The molecule has 0 amide bonds. The van der Waals surface area contributed by atoms with Crippen molar-refractivity contribution < 1.29 is 145 Å². The average molecular weight is 1020 g/mol. The van der Waals surface area contributed by atoms with Gasteiger partial charge in [-0.3, -0.25) is 0 Å². The molecule has 0 spiro atoms. The van der Waals surface area contributed by atoms with Gasteiger partial charge in [0, 0.05) is 17.8 Å². The van der Waals surface area contributed by atoms with Crippen LogP contribution >= 0.6 is 0 Å². The zero-order valence-electron chi connectivity index (χ0n) is 30.0. The van der Waals surface area contributed by atoms with Gasteiger partial charge in [-0.1, -0.05) is 20.8 Å². The molecule has 0 aromatic rings. The number of nitrogens with two attached hydrogens (primary N) is 1. The number of alkyl halides is 33. The van der Waals surface area contributed by atoms with E-state index in [-0.39, 0.29) is 0 Å². The summed E-state index contributed by atoms with van der Waals surface area (Å²) < 4.78 is 447. The summed E-state index contributed by atoms with van der Waals surface area (Å²) >= 11 is 0. The molecule has 0 saturated heterocycles. The van der Waals surface area contributed by atoms with Gasteiger partial charge in [0.2, 0.25) is 0 Å². The molecular formula is C27H26F33NSi. The first-order valence-corrected chi connectivity index (χ1v) is 18.6. The van der Waals surface area contributed by atoms with E-state index in [1.807, 2.05) is 0 Å². The third kappa shape index (κ3) is 9.30. The van der Waals surface area contributed by atoms with Crippen LogP contribution in [-0.2, 0) is 0 Å². The van der Waals surface area contributed by atoms with Gasteiger partial charge in [-0.15, -0.1) is 0 Å². The van der Waals surface area contributed by atoms with Crippen molar-refractivity contribution in [3.8, 4) is 0 Å². The first-order chi connectivity index (χ1) is 26.4. The number of hydrogen-bond donors (Lipinski definition) is 1. The van der Waals surface area contributed by atoms with Crippen LogP contribution in [0.1, 0.15) is 40.0 Å². The predicted molar refractivity (Wildman–Crippen MR) is 143 cm³/mol. The van der Waals surface area contributed by atoms with Gasteiger partial charge in [0.05, 0.1) is 0 Å². The van der Waals surface area contributed by atoms with Crippen LogP contribution in [0, 0.1) is 17.8 Å². The SMILES string of the molecule is CC(CC[Si](N)(CCC(C)C(F)(F)C(F)(F)C(F)(F)C(F)(F)C(F)(F)F)CCC(C)C(F)(F)C(F)(F)C(F)(F)C(F)(F)C(F)(F)F)C(F)(F)C(F)(F)C(F)(F)C(F)(F)C(F)(F)F. The number of rotatable bonds is 21. The standard InChI is InChI=1S/C27H26F33NSi/c1-10(13(28,29)16(34,35)19(40,41)22(46,47)25(52,53)54)4-7-62(61,8-5-11(2)14(30,31)17(36,37)20(42,43)23(48,49)26(55,56)57)9-6-12(3)15(32,33)18(38,39)21(44,45)24(50,51)27(58,59)60/h10-12H,4-9,61H2,1-3H3. The van der Waals surface area contributed by atoms with Crippen molar-refractivity contribution >= 4 is 8.24 Å². The normalized spacial score (nSPS) is 18.7. The Labute approximate surface area is 324 Å². The maximum Gasteiger partial charge on any atom is 0.460 e. The predicted octanol–water partition coefficient (Wildman–Crippen LogP) is 14.3. The second-order valence-electron chi connectivity index (χ2n) is 14.2. The fraction of sp³-hybridized carbons (Fsp3) is 1.00. The van der Waals surface area contributed by atoms with E-state index < -0.39 is 174 Å². The van der Waals surface area contributed by atoms with Crippen LogP contribution in [0.4, 0.5) is 145 Å². The molecule has 0 aromatic carbocycles. The number of hydrogen-bond acceptors (Lipinski definition) is 1. The molecule has 0 aliphatic heterocycles. The summed E-state index contributed by atoms with van der Waals surface area (Å²) in [5.41, 5.74) is 0. The Hall–Kier alpha value is -2.13. The highest BCUT2D eigenvalue weighted by Gasteiger charge is 2.90. The van der Waals surface area contributed by atoms with Gasteiger partial charge in [-0.2, -0.15) is 145 Å². The van der Waals surface area contributed by atoms with Crippen molar-refractivity contribution in [3.05, 3.63) is 0 Å². The summed E-state index contributed by atoms with van der Waals surface area (Å²) in [5.74, 6) is -104. The van der Waals surface area contributed by atoms with E-state index in [1.165, 1.54) is 0 Å². The molecule has 0 fully saturated rings. The number of halogens is 33. The summed E-state index contributed by atoms with van der Waals surface area (Å²) in [7, 11) is -5.47. The van der Waals surface area contributed by atoms with Crippen LogP contribution in [0.5, 0.6) is 0 Å². The largest absolute Gasteiger partial charge is 0.460 e. The maximum absolute atomic E-state index is 14.6. The summed E-state index contributed by atoms with van der Waals surface area (Å²) in [6, 6.07) is -5.85.